The van der Waals surface area contributed by atoms with Crippen LogP contribution in [-0.2, 0) is 19.4 Å². The molecular weight excluding hydrogens is 402 g/mol. The number of furan rings is 1. The maximum Gasteiger partial charge on any atom is 0.272 e. The zero-order valence-corrected chi connectivity index (χ0v) is 17.3. The predicted octanol–water partition coefficient (Wildman–Crippen LogP) is 5.12. The molecule has 0 radical (unpaired) electrons. The first kappa shape index (κ1) is 20.0. The van der Waals surface area contributed by atoms with Crippen LogP contribution in [0.2, 0.25) is 0 Å². The van der Waals surface area contributed by atoms with Crippen molar-refractivity contribution in [3.05, 3.63) is 79.6 Å². The SMILES string of the molecule is Cc1ccc(C=Nc2sc3c(c2C(=O)NCc2ccco2)CCCC3)cc1[N+](=O)[O-]. The van der Waals surface area contributed by atoms with Gasteiger partial charge in [0.25, 0.3) is 11.6 Å². The summed E-state index contributed by atoms with van der Waals surface area (Å²) in [5.41, 5.74) is 2.97. The van der Waals surface area contributed by atoms with Crippen LogP contribution in [0.25, 0.3) is 0 Å². The number of benzene rings is 1. The molecule has 0 atom stereocenters. The van der Waals surface area contributed by atoms with E-state index in [0.717, 1.165) is 31.2 Å². The van der Waals surface area contributed by atoms with Gasteiger partial charge in [-0.25, -0.2) is 4.99 Å². The van der Waals surface area contributed by atoms with Crippen molar-refractivity contribution in [2.24, 2.45) is 4.99 Å². The molecule has 0 unspecified atom stereocenters. The monoisotopic (exact) mass is 423 g/mol. The van der Waals surface area contributed by atoms with E-state index in [2.05, 4.69) is 10.3 Å². The van der Waals surface area contributed by atoms with E-state index >= 15 is 0 Å². The Balaban J connectivity index is 1.63. The number of hydrogen-bond donors (Lipinski definition) is 1. The second-order valence-electron chi connectivity index (χ2n) is 7.21. The summed E-state index contributed by atoms with van der Waals surface area (Å²) in [7, 11) is 0. The molecule has 0 saturated heterocycles. The van der Waals surface area contributed by atoms with Gasteiger partial charge in [-0.15, -0.1) is 11.3 Å². The van der Waals surface area contributed by atoms with Gasteiger partial charge in [0.1, 0.15) is 10.8 Å². The van der Waals surface area contributed by atoms with E-state index in [4.69, 9.17) is 4.42 Å². The lowest BCUT2D eigenvalue weighted by Gasteiger charge is -2.12. The molecule has 2 aromatic heterocycles. The molecular formula is C22H21N3O4S. The maximum absolute atomic E-state index is 13.0. The van der Waals surface area contributed by atoms with Crippen molar-refractivity contribution < 1.29 is 14.1 Å². The average molecular weight is 423 g/mol. The topological polar surface area (TPSA) is 97.7 Å². The number of hydrogen-bond acceptors (Lipinski definition) is 6. The van der Waals surface area contributed by atoms with Gasteiger partial charge >= 0.3 is 0 Å². The number of carbonyl (C=O) groups is 1. The molecule has 0 spiro atoms. The maximum atomic E-state index is 13.0. The minimum atomic E-state index is -0.399. The second kappa shape index (κ2) is 8.62. The summed E-state index contributed by atoms with van der Waals surface area (Å²) in [5.74, 6) is 0.511. The predicted molar refractivity (Wildman–Crippen MR) is 116 cm³/mol. The number of thiophene rings is 1. The van der Waals surface area contributed by atoms with Crippen LogP contribution >= 0.6 is 11.3 Å². The highest BCUT2D eigenvalue weighted by molar-refractivity contribution is 7.16. The smallest absolute Gasteiger partial charge is 0.272 e. The highest BCUT2D eigenvalue weighted by atomic mass is 32.1. The van der Waals surface area contributed by atoms with Crippen molar-refractivity contribution in [2.45, 2.75) is 39.2 Å². The molecule has 8 heteroatoms. The molecule has 1 amide bonds. The Hall–Kier alpha value is -3.26. The fourth-order valence-electron chi connectivity index (χ4n) is 3.58. The Labute approximate surface area is 177 Å². The quantitative estimate of drug-likeness (QED) is 0.338. The molecule has 1 N–H and O–H groups in total. The lowest BCUT2D eigenvalue weighted by Crippen LogP contribution is -2.23. The molecule has 0 saturated carbocycles. The Bertz CT molecular complexity index is 1120. The zero-order valence-electron chi connectivity index (χ0n) is 16.5. The van der Waals surface area contributed by atoms with Crippen LogP contribution in [0.4, 0.5) is 10.7 Å². The first-order valence-corrected chi connectivity index (χ1v) is 10.6. The summed E-state index contributed by atoms with van der Waals surface area (Å²) >= 11 is 1.53. The standard InChI is InChI=1S/C22H21N3O4S/c1-14-8-9-15(11-18(14)25(27)28)12-24-22-20(17-6-2-3-7-19(17)30-22)21(26)23-13-16-5-4-10-29-16/h4-5,8-12H,2-3,6-7,13H2,1H3,(H,23,26). The van der Waals surface area contributed by atoms with Crippen molar-refractivity contribution in [3.63, 3.8) is 0 Å². The highest BCUT2D eigenvalue weighted by Crippen LogP contribution is 2.40. The third-order valence-electron chi connectivity index (χ3n) is 5.14. The molecule has 0 bridgehead atoms. The van der Waals surface area contributed by atoms with Crippen molar-refractivity contribution in [2.75, 3.05) is 0 Å². The Morgan fingerprint density at radius 1 is 1.33 bits per heavy atom. The number of nitrogens with zero attached hydrogens (tertiary/aromatic N) is 2. The number of aliphatic imine (C=N–C) groups is 1. The van der Waals surface area contributed by atoms with Crippen molar-refractivity contribution in [1.29, 1.82) is 0 Å². The number of nitro groups is 1. The summed E-state index contributed by atoms with van der Waals surface area (Å²) in [6, 6.07) is 8.59. The molecule has 7 nitrogen and oxygen atoms in total. The van der Waals surface area contributed by atoms with Crippen LogP contribution in [0.15, 0.2) is 46.0 Å². The van der Waals surface area contributed by atoms with E-state index in [1.165, 1.54) is 22.3 Å². The van der Waals surface area contributed by atoms with Gasteiger partial charge in [0, 0.05) is 22.7 Å². The number of rotatable bonds is 6. The largest absolute Gasteiger partial charge is 0.467 e. The summed E-state index contributed by atoms with van der Waals surface area (Å²) in [4.78, 5) is 29.5. The zero-order chi connectivity index (χ0) is 21.1. The van der Waals surface area contributed by atoms with Gasteiger partial charge in [-0.1, -0.05) is 12.1 Å². The molecule has 0 fully saturated rings. The van der Waals surface area contributed by atoms with Crippen LogP contribution in [0.3, 0.4) is 0 Å². The molecule has 1 aromatic carbocycles. The number of amides is 1. The normalized spacial score (nSPS) is 13.4. The van der Waals surface area contributed by atoms with E-state index in [-0.39, 0.29) is 11.6 Å². The molecule has 30 heavy (non-hydrogen) atoms. The third kappa shape index (κ3) is 4.18. The van der Waals surface area contributed by atoms with E-state index in [0.29, 0.717) is 34.0 Å². The van der Waals surface area contributed by atoms with Crippen molar-refractivity contribution in [1.82, 2.24) is 5.32 Å². The number of aryl methyl sites for hydroxylation is 2. The molecule has 154 valence electrons. The molecule has 2 heterocycles. The lowest BCUT2D eigenvalue weighted by molar-refractivity contribution is -0.385. The van der Waals surface area contributed by atoms with Gasteiger partial charge in [0.05, 0.1) is 23.3 Å². The Morgan fingerprint density at radius 2 is 2.17 bits per heavy atom. The van der Waals surface area contributed by atoms with Gasteiger partial charge in [-0.2, -0.15) is 0 Å². The number of carbonyl (C=O) groups excluding carboxylic acids is 1. The van der Waals surface area contributed by atoms with E-state index in [1.807, 2.05) is 6.07 Å². The summed E-state index contributed by atoms with van der Waals surface area (Å²) in [6.07, 6.45) is 7.13. The molecule has 1 aliphatic carbocycles. The summed E-state index contributed by atoms with van der Waals surface area (Å²) in [6.45, 7) is 2.01. The van der Waals surface area contributed by atoms with E-state index in [1.54, 1.807) is 37.6 Å². The summed E-state index contributed by atoms with van der Waals surface area (Å²) < 4.78 is 5.29. The minimum absolute atomic E-state index is 0.0563. The average Bonchev–Trinajstić information content (AvgIpc) is 3.38. The fraction of sp³-hybridized carbons (Fsp3) is 0.273. The van der Waals surface area contributed by atoms with Gasteiger partial charge in [0.2, 0.25) is 0 Å². The van der Waals surface area contributed by atoms with Gasteiger partial charge in [-0.05, 0) is 55.9 Å². The first-order chi connectivity index (χ1) is 14.5. The molecule has 1 aliphatic rings. The highest BCUT2D eigenvalue weighted by Gasteiger charge is 2.25. The molecule has 4 rings (SSSR count). The molecule has 0 aliphatic heterocycles. The third-order valence-corrected chi connectivity index (χ3v) is 6.34. The number of nitro benzene ring substituents is 1. The van der Waals surface area contributed by atoms with Crippen LogP contribution in [0.1, 0.15) is 50.5 Å². The Kier molecular flexibility index (Phi) is 5.76. The summed E-state index contributed by atoms with van der Waals surface area (Å²) in [5, 5.41) is 14.8. The molecule has 3 aromatic rings. The Morgan fingerprint density at radius 3 is 2.93 bits per heavy atom. The van der Waals surface area contributed by atoms with E-state index < -0.39 is 4.92 Å². The first-order valence-electron chi connectivity index (χ1n) is 9.77. The van der Waals surface area contributed by atoms with Gasteiger partial charge in [-0.3, -0.25) is 14.9 Å². The van der Waals surface area contributed by atoms with Crippen molar-refractivity contribution in [3.8, 4) is 0 Å². The van der Waals surface area contributed by atoms with Gasteiger partial charge < -0.3 is 9.73 Å². The van der Waals surface area contributed by atoms with Crippen LogP contribution < -0.4 is 5.32 Å². The fourth-order valence-corrected chi connectivity index (χ4v) is 4.81. The second-order valence-corrected chi connectivity index (χ2v) is 8.30. The van der Waals surface area contributed by atoms with Crippen LogP contribution in [0, 0.1) is 17.0 Å². The lowest BCUT2D eigenvalue weighted by atomic mass is 9.95. The van der Waals surface area contributed by atoms with Crippen LogP contribution in [-0.4, -0.2) is 17.0 Å². The van der Waals surface area contributed by atoms with E-state index in [9.17, 15) is 14.9 Å². The van der Waals surface area contributed by atoms with Crippen LogP contribution in [0.5, 0.6) is 0 Å². The van der Waals surface area contributed by atoms with Gasteiger partial charge in [0.15, 0.2) is 0 Å². The minimum Gasteiger partial charge on any atom is -0.467 e. The number of fused-ring (bicyclic) bond motifs is 1. The van der Waals surface area contributed by atoms with Crippen molar-refractivity contribution >= 4 is 34.1 Å². The number of nitrogens with one attached hydrogen (secondary N) is 1.